The first-order valence-corrected chi connectivity index (χ1v) is 10.0. The van der Waals surface area contributed by atoms with Gasteiger partial charge in [0, 0.05) is 30.4 Å². The minimum absolute atomic E-state index is 0.0566. The zero-order chi connectivity index (χ0) is 21.2. The summed E-state index contributed by atoms with van der Waals surface area (Å²) in [7, 11) is 0. The van der Waals surface area contributed by atoms with E-state index in [9.17, 15) is 4.39 Å². The van der Waals surface area contributed by atoms with E-state index in [0.717, 1.165) is 25.2 Å². The molecule has 156 valence electrons. The first kappa shape index (κ1) is 19.2. The van der Waals surface area contributed by atoms with E-state index in [-0.39, 0.29) is 18.3 Å². The summed E-state index contributed by atoms with van der Waals surface area (Å²) < 4.78 is 24.4. The molecular formula is C23H20FN5O2. The molecular weight excluding hydrogens is 397 g/mol. The third-order valence-electron chi connectivity index (χ3n) is 5.13. The molecule has 0 bridgehead atoms. The summed E-state index contributed by atoms with van der Waals surface area (Å²) in [6.07, 6.45) is 0.953. The summed E-state index contributed by atoms with van der Waals surface area (Å²) in [5.41, 5.74) is 4.01. The lowest BCUT2D eigenvalue weighted by molar-refractivity contribution is 0.235. The molecule has 0 spiro atoms. The number of anilines is 1. The normalized spacial score (nSPS) is 13.2. The topological polar surface area (TPSA) is 77.2 Å². The van der Waals surface area contributed by atoms with E-state index < -0.39 is 0 Å². The zero-order valence-electron chi connectivity index (χ0n) is 17.0. The summed E-state index contributed by atoms with van der Waals surface area (Å²) >= 11 is 0. The van der Waals surface area contributed by atoms with Gasteiger partial charge in [0.25, 0.3) is 5.89 Å². The second kappa shape index (κ2) is 8.14. The third-order valence-corrected chi connectivity index (χ3v) is 5.13. The number of ether oxygens (including phenoxy) is 1. The Hall–Kier alpha value is -3.81. The molecule has 0 amide bonds. The van der Waals surface area contributed by atoms with Crippen LogP contribution in [0.3, 0.4) is 0 Å². The molecule has 0 atom stereocenters. The third kappa shape index (κ3) is 4.23. The van der Waals surface area contributed by atoms with Crippen molar-refractivity contribution in [2.45, 2.75) is 26.5 Å². The number of aryl methyl sites for hydroxylation is 1. The monoisotopic (exact) mass is 417 g/mol. The summed E-state index contributed by atoms with van der Waals surface area (Å²) in [6, 6.07) is 16.2. The average Bonchev–Trinajstić information content (AvgIpc) is 3.26. The van der Waals surface area contributed by atoms with Crippen molar-refractivity contribution in [3.8, 4) is 17.3 Å². The molecule has 2 aromatic carbocycles. The van der Waals surface area contributed by atoms with Crippen LogP contribution in [0, 0.1) is 12.7 Å². The van der Waals surface area contributed by atoms with Crippen molar-refractivity contribution in [3.63, 3.8) is 0 Å². The van der Waals surface area contributed by atoms with Crippen molar-refractivity contribution in [2.24, 2.45) is 0 Å². The zero-order valence-corrected chi connectivity index (χ0v) is 17.0. The molecule has 8 heteroatoms. The molecule has 0 radical (unpaired) electrons. The maximum Gasteiger partial charge on any atom is 0.264 e. The van der Waals surface area contributed by atoms with Crippen molar-refractivity contribution in [3.05, 3.63) is 83.1 Å². The second-order valence-corrected chi connectivity index (χ2v) is 7.40. The lowest BCUT2D eigenvalue weighted by atomic mass is 10.0. The van der Waals surface area contributed by atoms with E-state index in [1.165, 1.54) is 23.3 Å². The van der Waals surface area contributed by atoms with E-state index >= 15 is 0 Å². The number of halogens is 1. The molecule has 0 unspecified atom stereocenters. The molecule has 1 aliphatic heterocycles. The number of hydrogen-bond acceptors (Lipinski definition) is 7. The van der Waals surface area contributed by atoms with Crippen LogP contribution >= 0.6 is 0 Å². The summed E-state index contributed by atoms with van der Waals surface area (Å²) in [5, 5.41) is 3.90. The van der Waals surface area contributed by atoms with Crippen LogP contribution in [0.25, 0.3) is 11.4 Å². The molecule has 0 aliphatic carbocycles. The number of aromatic nitrogens is 4. The molecule has 4 aromatic rings. The molecule has 2 aromatic heterocycles. The predicted octanol–water partition coefficient (Wildman–Crippen LogP) is 4.12. The van der Waals surface area contributed by atoms with Crippen molar-refractivity contribution >= 4 is 5.95 Å². The fourth-order valence-corrected chi connectivity index (χ4v) is 3.60. The molecule has 0 N–H and O–H groups in total. The quantitative estimate of drug-likeness (QED) is 0.483. The van der Waals surface area contributed by atoms with Gasteiger partial charge in [-0.2, -0.15) is 9.97 Å². The highest BCUT2D eigenvalue weighted by Gasteiger charge is 2.19. The fraction of sp³-hybridized carbons (Fsp3) is 0.217. The number of fused-ring (bicyclic) bond motifs is 1. The average molecular weight is 417 g/mol. The van der Waals surface area contributed by atoms with Crippen LogP contribution in [0.2, 0.25) is 0 Å². The van der Waals surface area contributed by atoms with Gasteiger partial charge in [-0.15, -0.1) is 0 Å². The first-order chi connectivity index (χ1) is 15.1. The molecule has 0 fully saturated rings. The minimum Gasteiger partial charge on any atom is -0.467 e. The van der Waals surface area contributed by atoms with Gasteiger partial charge in [-0.05, 0) is 36.6 Å². The van der Waals surface area contributed by atoms with Crippen molar-refractivity contribution < 1.29 is 13.7 Å². The van der Waals surface area contributed by atoms with Crippen LogP contribution in [0.4, 0.5) is 10.3 Å². The van der Waals surface area contributed by atoms with E-state index in [1.807, 2.05) is 6.92 Å². The van der Waals surface area contributed by atoms with Crippen molar-refractivity contribution in [2.75, 3.05) is 11.4 Å². The van der Waals surface area contributed by atoms with E-state index in [2.05, 4.69) is 49.3 Å². The van der Waals surface area contributed by atoms with E-state index in [0.29, 0.717) is 23.2 Å². The summed E-state index contributed by atoms with van der Waals surface area (Å²) in [4.78, 5) is 15.6. The largest absolute Gasteiger partial charge is 0.467 e. The maximum atomic E-state index is 13.4. The Morgan fingerprint density at radius 1 is 1.03 bits per heavy atom. The number of benzene rings is 2. The maximum absolute atomic E-state index is 13.4. The molecule has 31 heavy (non-hydrogen) atoms. The van der Waals surface area contributed by atoms with Crippen LogP contribution < -0.4 is 9.64 Å². The van der Waals surface area contributed by atoms with Crippen LogP contribution in [0.5, 0.6) is 5.88 Å². The van der Waals surface area contributed by atoms with Crippen LogP contribution in [-0.4, -0.2) is 26.7 Å². The van der Waals surface area contributed by atoms with Gasteiger partial charge >= 0.3 is 0 Å². The van der Waals surface area contributed by atoms with Crippen LogP contribution in [0.15, 0.2) is 59.1 Å². The molecule has 7 nitrogen and oxygen atoms in total. The van der Waals surface area contributed by atoms with Gasteiger partial charge in [0.2, 0.25) is 17.7 Å². The fourth-order valence-electron chi connectivity index (χ4n) is 3.60. The van der Waals surface area contributed by atoms with Gasteiger partial charge in [0.1, 0.15) is 5.82 Å². The highest BCUT2D eigenvalue weighted by molar-refractivity contribution is 5.53. The molecule has 1 aliphatic rings. The highest BCUT2D eigenvalue weighted by atomic mass is 19.1. The standard InChI is InChI=1S/C23H20FN5O2/c1-15-11-20(27-23(25-15)29-10-9-16-5-2-3-6-18(16)13-29)30-14-21-26-22(28-31-21)17-7-4-8-19(24)12-17/h2-8,11-12H,9-10,13-14H2,1H3. The highest BCUT2D eigenvalue weighted by Crippen LogP contribution is 2.24. The minimum atomic E-state index is -0.357. The second-order valence-electron chi connectivity index (χ2n) is 7.40. The number of hydrogen-bond donors (Lipinski definition) is 0. The number of nitrogens with zero attached hydrogens (tertiary/aromatic N) is 5. The molecule has 0 saturated carbocycles. The smallest absolute Gasteiger partial charge is 0.264 e. The van der Waals surface area contributed by atoms with Gasteiger partial charge in [-0.3, -0.25) is 0 Å². The van der Waals surface area contributed by atoms with Crippen LogP contribution in [-0.2, 0) is 19.6 Å². The molecule has 0 saturated heterocycles. The SMILES string of the molecule is Cc1cc(OCc2nc(-c3cccc(F)c3)no2)nc(N2CCc3ccccc3C2)n1. The Bertz CT molecular complexity index is 1230. The molecule has 3 heterocycles. The van der Waals surface area contributed by atoms with Gasteiger partial charge in [0.05, 0.1) is 0 Å². The summed E-state index contributed by atoms with van der Waals surface area (Å²) in [6.45, 7) is 3.58. The lowest BCUT2D eigenvalue weighted by Gasteiger charge is -2.29. The number of rotatable bonds is 5. The predicted molar refractivity (Wildman–Crippen MR) is 112 cm³/mol. The first-order valence-electron chi connectivity index (χ1n) is 10.0. The summed E-state index contributed by atoms with van der Waals surface area (Å²) in [5.74, 6) is 1.31. The Morgan fingerprint density at radius 2 is 1.90 bits per heavy atom. The Labute approximate surface area is 178 Å². The Morgan fingerprint density at radius 3 is 2.77 bits per heavy atom. The van der Waals surface area contributed by atoms with Gasteiger partial charge in [-0.25, -0.2) is 9.37 Å². The van der Waals surface area contributed by atoms with Gasteiger partial charge < -0.3 is 14.2 Å². The Balaban J connectivity index is 1.29. The van der Waals surface area contributed by atoms with E-state index in [4.69, 9.17) is 9.26 Å². The van der Waals surface area contributed by atoms with Gasteiger partial charge in [0.15, 0.2) is 6.61 Å². The van der Waals surface area contributed by atoms with E-state index in [1.54, 1.807) is 18.2 Å². The molecule has 5 rings (SSSR count). The Kier molecular flexibility index (Phi) is 5.03. The van der Waals surface area contributed by atoms with Crippen molar-refractivity contribution in [1.29, 1.82) is 0 Å². The van der Waals surface area contributed by atoms with Crippen LogP contribution in [0.1, 0.15) is 22.7 Å². The van der Waals surface area contributed by atoms with Crippen molar-refractivity contribution in [1.82, 2.24) is 20.1 Å². The lowest BCUT2D eigenvalue weighted by Crippen LogP contribution is -2.31. The van der Waals surface area contributed by atoms with Gasteiger partial charge in [-0.1, -0.05) is 41.6 Å².